The van der Waals surface area contributed by atoms with Crippen molar-refractivity contribution < 1.29 is 13.5 Å². The number of piperidine rings is 1. The lowest BCUT2D eigenvalue weighted by Gasteiger charge is -2.52. The van der Waals surface area contributed by atoms with Crippen molar-refractivity contribution in [3.63, 3.8) is 0 Å². The Balaban J connectivity index is 1.40. The number of ether oxygens (including phenoxy) is 1. The Bertz CT molecular complexity index is 305. The van der Waals surface area contributed by atoms with E-state index in [9.17, 15) is 8.78 Å². The van der Waals surface area contributed by atoms with E-state index in [4.69, 9.17) is 4.74 Å². The van der Waals surface area contributed by atoms with Crippen LogP contribution in [0.3, 0.4) is 0 Å². The number of halogens is 2. The molecule has 0 bridgehead atoms. The highest BCUT2D eigenvalue weighted by molar-refractivity contribution is 5.01. The fraction of sp³-hybridized carbons (Fsp3) is 1.00. The topological polar surface area (TPSA) is 12.5 Å². The van der Waals surface area contributed by atoms with Gasteiger partial charge in [0.25, 0.3) is 5.92 Å². The van der Waals surface area contributed by atoms with Crippen LogP contribution in [0.1, 0.15) is 39.0 Å². The van der Waals surface area contributed by atoms with E-state index in [0.29, 0.717) is 18.1 Å². The van der Waals surface area contributed by atoms with Crippen molar-refractivity contribution in [1.82, 2.24) is 4.90 Å². The summed E-state index contributed by atoms with van der Waals surface area (Å²) < 4.78 is 31.4. The van der Waals surface area contributed by atoms with Crippen LogP contribution in [0.4, 0.5) is 8.78 Å². The van der Waals surface area contributed by atoms with Gasteiger partial charge in [0, 0.05) is 25.5 Å². The van der Waals surface area contributed by atoms with Crippen LogP contribution < -0.4 is 0 Å². The van der Waals surface area contributed by atoms with Crippen LogP contribution >= 0.6 is 0 Å². The first kappa shape index (κ1) is 12.8. The molecule has 2 aliphatic carbocycles. The summed E-state index contributed by atoms with van der Waals surface area (Å²) in [5, 5.41) is 0. The molecule has 0 aromatic heterocycles. The molecule has 3 fully saturated rings. The van der Waals surface area contributed by atoms with Crippen molar-refractivity contribution in [2.24, 2.45) is 11.3 Å². The first-order valence-electron chi connectivity index (χ1n) is 7.25. The Hall–Kier alpha value is -0.220. The molecule has 1 aliphatic heterocycles. The van der Waals surface area contributed by atoms with E-state index in [2.05, 4.69) is 4.90 Å². The maximum absolute atomic E-state index is 12.9. The van der Waals surface area contributed by atoms with Gasteiger partial charge in [-0.15, -0.1) is 0 Å². The molecule has 1 heterocycles. The second-order valence-corrected chi connectivity index (χ2v) is 6.45. The Morgan fingerprint density at radius 3 is 2.28 bits per heavy atom. The Labute approximate surface area is 108 Å². The minimum atomic E-state index is -2.36. The molecule has 1 saturated heterocycles. The minimum Gasteiger partial charge on any atom is -0.378 e. The molecule has 0 aromatic rings. The van der Waals surface area contributed by atoms with Gasteiger partial charge in [-0.25, -0.2) is 8.78 Å². The van der Waals surface area contributed by atoms with E-state index in [-0.39, 0.29) is 12.3 Å². The van der Waals surface area contributed by atoms with Gasteiger partial charge < -0.3 is 9.64 Å². The predicted octanol–water partition coefficient (Wildman–Crippen LogP) is 2.92. The van der Waals surface area contributed by atoms with Gasteiger partial charge in [-0.2, -0.15) is 0 Å². The Kier molecular flexibility index (Phi) is 3.14. The third kappa shape index (κ3) is 2.42. The third-order valence-electron chi connectivity index (χ3n) is 5.07. The Morgan fingerprint density at radius 2 is 1.78 bits per heavy atom. The minimum absolute atomic E-state index is 0.112. The van der Waals surface area contributed by atoms with Crippen molar-refractivity contribution in [2.45, 2.75) is 51.1 Å². The molecule has 104 valence electrons. The molecule has 0 amide bonds. The second kappa shape index (κ2) is 4.41. The zero-order valence-electron chi connectivity index (χ0n) is 11.1. The van der Waals surface area contributed by atoms with E-state index in [1.54, 1.807) is 0 Å². The average molecular weight is 259 g/mol. The molecular weight excluding hydrogens is 236 g/mol. The summed E-state index contributed by atoms with van der Waals surface area (Å²) in [7, 11) is 0. The van der Waals surface area contributed by atoms with E-state index in [0.717, 1.165) is 19.7 Å². The van der Waals surface area contributed by atoms with E-state index >= 15 is 0 Å². The van der Waals surface area contributed by atoms with Crippen molar-refractivity contribution in [3.05, 3.63) is 0 Å². The van der Waals surface area contributed by atoms with Crippen molar-refractivity contribution in [1.29, 1.82) is 0 Å². The molecule has 3 aliphatic rings. The van der Waals surface area contributed by atoms with Gasteiger partial charge in [0.2, 0.25) is 0 Å². The summed E-state index contributed by atoms with van der Waals surface area (Å²) in [5.74, 6) is -2.71. The summed E-state index contributed by atoms with van der Waals surface area (Å²) in [6, 6.07) is 0. The largest absolute Gasteiger partial charge is 0.378 e. The van der Waals surface area contributed by atoms with Gasteiger partial charge in [-0.1, -0.05) is 0 Å². The molecule has 0 aromatic carbocycles. The maximum atomic E-state index is 12.9. The molecule has 1 unspecified atom stereocenters. The smallest absolute Gasteiger partial charge is 0.252 e. The standard InChI is InChI=1S/C14H23F2NO/c1-2-18-12-8-13(9-12)3-5-17(6-4-13)10-11-7-14(11,15)16/h11-12H,2-10H2,1H3. The van der Waals surface area contributed by atoms with Crippen molar-refractivity contribution in [2.75, 3.05) is 26.2 Å². The van der Waals surface area contributed by atoms with Crippen LogP contribution in [-0.4, -0.2) is 43.2 Å². The molecular formula is C14H23F2NO. The van der Waals surface area contributed by atoms with Gasteiger partial charge in [0.05, 0.1) is 6.10 Å². The molecule has 0 N–H and O–H groups in total. The highest BCUT2D eigenvalue weighted by Crippen LogP contribution is 2.52. The quantitative estimate of drug-likeness (QED) is 0.769. The zero-order valence-corrected chi connectivity index (χ0v) is 11.1. The molecule has 4 heteroatoms. The fourth-order valence-corrected chi connectivity index (χ4v) is 3.66. The van der Waals surface area contributed by atoms with Crippen molar-refractivity contribution in [3.8, 4) is 0 Å². The van der Waals surface area contributed by atoms with Crippen LogP contribution in [0.5, 0.6) is 0 Å². The second-order valence-electron chi connectivity index (χ2n) is 6.45. The van der Waals surface area contributed by atoms with Crippen LogP contribution in [0, 0.1) is 11.3 Å². The first-order chi connectivity index (χ1) is 8.53. The molecule has 0 radical (unpaired) electrons. The number of hydrogen-bond acceptors (Lipinski definition) is 2. The number of nitrogens with zero attached hydrogens (tertiary/aromatic N) is 1. The third-order valence-corrected chi connectivity index (χ3v) is 5.07. The highest BCUT2D eigenvalue weighted by atomic mass is 19.3. The van der Waals surface area contributed by atoms with Crippen LogP contribution in [0.15, 0.2) is 0 Å². The summed E-state index contributed by atoms with van der Waals surface area (Å²) in [6.07, 6.45) is 5.31. The summed E-state index contributed by atoms with van der Waals surface area (Å²) in [5.41, 5.74) is 0.488. The zero-order chi connectivity index (χ0) is 12.8. The predicted molar refractivity (Wildman–Crippen MR) is 65.8 cm³/mol. The van der Waals surface area contributed by atoms with Crippen LogP contribution in [0.2, 0.25) is 0 Å². The molecule has 18 heavy (non-hydrogen) atoms. The summed E-state index contributed by atoms with van der Waals surface area (Å²) in [6.45, 7) is 5.47. The first-order valence-corrected chi connectivity index (χ1v) is 7.25. The lowest BCUT2D eigenvalue weighted by Crippen LogP contribution is -2.50. The number of alkyl halides is 2. The molecule has 1 spiro atoms. The lowest BCUT2D eigenvalue weighted by atomic mass is 9.61. The molecule has 1 atom stereocenters. The molecule has 2 nitrogen and oxygen atoms in total. The van der Waals surface area contributed by atoms with Gasteiger partial charge in [0.15, 0.2) is 0 Å². The summed E-state index contributed by atoms with van der Waals surface area (Å²) in [4.78, 5) is 2.24. The summed E-state index contributed by atoms with van der Waals surface area (Å²) >= 11 is 0. The van der Waals surface area contributed by atoms with Crippen LogP contribution in [-0.2, 0) is 4.74 Å². The number of hydrogen-bond donors (Lipinski definition) is 0. The molecule has 3 rings (SSSR count). The van der Waals surface area contributed by atoms with Gasteiger partial charge in [-0.3, -0.25) is 0 Å². The Morgan fingerprint density at radius 1 is 1.17 bits per heavy atom. The lowest BCUT2D eigenvalue weighted by molar-refractivity contribution is -0.102. The average Bonchev–Trinajstić information content (AvgIpc) is 2.87. The normalized spacial score (nSPS) is 34.5. The van der Waals surface area contributed by atoms with E-state index in [1.165, 1.54) is 25.7 Å². The van der Waals surface area contributed by atoms with Gasteiger partial charge in [0.1, 0.15) is 0 Å². The monoisotopic (exact) mass is 259 g/mol. The van der Waals surface area contributed by atoms with Crippen LogP contribution in [0.25, 0.3) is 0 Å². The SMILES string of the molecule is CCOC1CC2(CCN(CC3CC3(F)F)CC2)C1. The van der Waals surface area contributed by atoms with Crippen molar-refractivity contribution >= 4 is 0 Å². The van der Waals surface area contributed by atoms with E-state index < -0.39 is 5.92 Å². The highest BCUT2D eigenvalue weighted by Gasteiger charge is 2.57. The number of rotatable bonds is 4. The van der Waals surface area contributed by atoms with Gasteiger partial charge >= 0.3 is 0 Å². The maximum Gasteiger partial charge on any atom is 0.252 e. The fourth-order valence-electron chi connectivity index (χ4n) is 3.66. The van der Waals surface area contributed by atoms with E-state index in [1.807, 2.05) is 6.92 Å². The number of likely N-dealkylation sites (tertiary alicyclic amines) is 1. The van der Waals surface area contributed by atoms with Gasteiger partial charge in [-0.05, 0) is 51.1 Å². The molecule has 2 saturated carbocycles.